The van der Waals surface area contributed by atoms with Gasteiger partial charge in [-0.25, -0.2) is 0 Å². The minimum atomic E-state index is -0.796. The van der Waals surface area contributed by atoms with Crippen LogP contribution in [0.2, 0.25) is 0 Å². The first-order valence-corrected chi connectivity index (χ1v) is 29.8. The minimum Gasteiger partial charge on any atom is -0.462 e. The average molecular weight is 966 g/mol. The first-order valence-electron chi connectivity index (χ1n) is 29.8. The number of allylic oxidation sites excluding steroid dienone is 10. The van der Waals surface area contributed by atoms with Crippen molar-refractivity contribution in [3.8, 4) is 0 Å². The number of rotatable bonds is 54. The van der Waals surface area contributed by atoms with E-state index < -0.39 is 6.10 Å². The van der Waals surface area contributed by atoms with Gasteiger partial charge in [-0.1, -0.05) is 261 Å². The van der Waals surface area contributed by atoms with Crippen LogP contribution in [0.25, 0.3) is 0 Å². The molecule has 0 aliphatic heterocycles. The fourth-order valence-corrected chi connectivity index (χ4v) is 8.49. The van der Waals surface area contributed by atoms with E-state index in [1.165, 1.54) is 186 Å². The van der Waals surface area contributed by atoms with E-state index in [1.807, 2.05) is 0 Å². The third kappa shape index (κ3) is 55.9. The highest BCUT2D eigenvalue weighted by Crippen LogP contribution is 2.16. The summed E-state index contributed by atoms with van der Waals surface area (Å²) in [5.41, 5.74) is 0. The predicted octanol–water partition coefficient (Wildman–Crippen LogP) is 20.0. The second kappa shape index (κ2) is 57.7. The fraction of sp³-hybridized carbons (Fsp3) is 0.794. The molecule has 0 spiro atoms. The number of unbranched alkanes of at least 4 members (excludes halogenated alkanes) is 33. The highest BCUT2D eigenvalue weighted by molar-refractivity contribution is 5.71. The molecule has 0 saturated carbocycles. The van der Waals surface area contributed by atoms with Gasteiger partial charge in [-0.3, -0.25) is 14.4 Å². The molecule has 0 fully saturated rings. The van der Waals surface area contributed by atoms with E-state index in [1.54, 1.807) is 0 Å². The number of hydrogen-bond donors (Lipinski definition) is 0. The third-order valence-electron chi connectivity index (χ3n) is 13.0. The number of carbonyl (C=O) groups is 3. The van der Waals surface area contributed by atoms with Crippen LogP contribution in [0.4, 0.5) is 0 Å². The summed E-state index contributed by atoms with van der Waals surface area (Å²) in [7, 11) is 0. The SMILES string of the molecule is CCCCC/C=C\C/C=C\CCCCCCCCCC(=O)OC[C@H](COC(=O)CCC/C=C\C/C=C\C/C=C\CCCCCCCC)OC(=O)CCCCCCCCCCCCCCCCCCC. The molecule has 0 N–H and O–H groups in total. The van der Waals surface area contributed by atoms with Crippen molar-refractivity contribution in [2.75, 3.05) is 13.2 Å². The Morgan fingerprint density at radius 1 is 0.290 bits per heavy atom. The minimum absolute atomic E-state index is 0.0915. The van der Waals surface area contributed by atoms with Crippen LogP contribution in [0.1, 0.15) is 303 Å². The molecule has 0 aromatic rings. The monoisotopic (exact) mass is 965 g/mol. The van der Waals surface area contributed by atoms with Gasteiger partial charge in [-0.15, -0.1) is 0 Å². The van der Waals surface area contributed by atoms with E-state index in [9.17, 15) is 14.4 Å². The zero-order valence-corrected chi connectivity index (χ0v) is 45.8. The second-order valence-corrected chi connectivity index (χ2v) is 19.9. The summed E-state index contributed by atoms with van der Waals surface area (Å²) in [6.45, 7) is 6.59. The van der Waals surface area contributed by atoms with Crippen LogP contribution in [0.3, 0.4) is 0 Å². The Balaban J connectivity index is 4.44. The van der Waals surface area contributed by atoms with Crippen molar-refractivity contribution >= 4 is 17.9 Å². The fourth-order valence-electron chi connectivity index (χ4n) is 8.49. The molecule has 400 valence electrons. The first-order chi connectivity index (χ1) is 34.0. The molecule has 0 aliphatic carbocycles. The molecule has 0 aromatic heterocycles. The van der Waals surface area contributed by atoms with Gasteiger partial charge >= 0.3 is 17.9 Å². The predicted molar refractivity (Wildman–Crippen MR) is 298 cm³/mol. The van der Waals surface area contributed by atoms with Gasteiger partial charge < -0.3 is 14.2 Å². The smallest absolute Gasteiger partial charge is 0.306 e. The average Bonchev–Trinajstić information content (AvgIpc) is 3.35. The highest BCUT2D eigenvalue weighted by Gasteiger charge is 2.19. The van der Waals surface area contributed by atoms with E-state index in [0.29, 0.717) is 19.3 Å². The van der Waals surface area contributed by atoms with Crippen molar-refractivity contribution in [1.29, 1.82) is 0 Å². The molecular formula is C63H112O6. The summed E-state index contributed by atoms with van der Waals surface area (Å²) in [4.78, 5) is 38.2. The van der Waals surface area contributed by atoms with Gasteiger partial charge in [0, 0.05) is 19.3 Å². The van der Waals surface area contributed by atoms with Crippen molar-refractivity contribution in [2.45, 2.75) is 309 Å². The van der Waals surface area contributed by atoms with E-state index in [0.717, 1.165) is 70.6 Å². The Kier molecular flexibility index (Phi) is 55.3. The van der Waals surface area contributed by atoms with Gasteiger partial charge in [0.1, 0.15) is 13.2 Å². The van der Waals surface area contributed by atoms with Gasteiger partial charge in [0.25, 0.3) is 0 Å². The molecule has 0 aromatic carbocycles. The van der Waals surface area contributed by atoms with E-state index in [4.69, 9.17) is 14.2 Å². The lowest BCUT2D eigenvalue weighted by Crippen LogP contribution is -2.30. The summed E-state index contributed by atoms with van der Waals surface area (Å²) in [5, 5.41) is 0. The van der Waals surface area contributed by atoms with Crippen LogP contribution >= 0.6 is 0 Å². The van der Waals surface area contributed by atoms with Crippen molar-refractivity contribution in [2.24, 2.45) is 0 Å². The first kappa shape index (κ1) is 66.1. The van der Waals surface area contributed by atoms with E-state index in [-0.39, 0.29) is 37.5 Å². The van der Waals surface area contributed by atoms with Gasteiger partial charge in [0.15, 0.2) is 6.10 Å². The van der Waals surface area contributed by atoms with Crippen LogP contribution in [0, 0.1) is 0 Å². The van der Waals surface area contributed by atoms with Gasteiger partial charge in [-0.2, -0.15) is 0 Å². The maximum absolute atomic E-state index is 12.9. The lowest BCUT2D eigenvalue weighted by Gasteiger charge is -2.18. The standard InChI is InChI=1S/C63H112O6/c1-4-7-10-13-16-19-22-25-28-31-34-37-40-43-46-49-52-55-61(64)67-58-60(69-63(66)57-54-51-48-45-42-39-36-33-30-27-24-21-18-15-12-9-6-3)59-68-62(65)56-53-50-47-44-41-38-35-32-29-26-23-20-17-14-11-8-5-2/h16,19,25-26,28-29,35,38,44,47,60H,4-15,17-18,20-24,27,30-34,36-37,39-43,45-46,48-59H2,1-3H3/b19-16-,28-25-,29-26-,38-35-,47-44-/t60-/m1/s1. The molecule has 0 rings (SSSR count). The molecule has 0 radical (unpaired) electrons. The molecule has 0 saturated heterocycles. The van der Waals surface area contributed by atoms with Crippen molar-refractivity contribution in [1.82, 2.24) is 0 Å². The van der Waals surface area contributed by atoms with Gasteiger partial charge in [0.2, 0.25) is 0 Å². The summed E-state index contributed by atoms with van der Waals surface area (Å²) in [6, 6.07) is 0. The zero-order valence-electron chi connectivity index (χ0n) is 45.8. The number of ether oxygens (including phenoxy) is 3. The lowest BCUT2D eigenvalue weighted by molar-refractivity contribution is -0.167. The van der Waals surface area contributed by atoms with Crippen molar-refractivity contribution < 1.29 is 28.6 Å². The Labute approximate surface area is 428 Å². The van der Waals surface area contributed by atoms with Crippen LogP contribution in [0.15, 0.2) is 60.8 Å². The Morgan fingerprint density at radius 3 is 0.899 bits per heavy atom. The van der Waals surface area contributed by atoms with Gasteiger partial charge in [-0.05, 0) is 83.5 Å². The normalized spacial score (nSPS) is 12.4. The molecular weight excluding hydrogens is 853 g/mol. The highest BCUT2D eigenvalue weighted by atomic mass is 16.6. The summed E-state index contributed by atoms with van der Waals surface area (Å²) in [6.07, 6.45) is 72.1. The third-order valence-corrected chi connectivity index (χ3v) is 13.0. The number of carbonyl (C=O) groups excluding carboxylic acids is 3. The molecule has 0 heterocycles. The quantitative estimate of drug-likeness (QED) is 0.0262. The molecule has 6 nitrogen and oxygen atoms in total. The molecule has 0 amide bonds. The molecule has 6 heteroatoms. The summed E-state index contributed by atoms with van der Waals surface area (Å²) < 4.78 is 16.8. The van der Waals surface area contributed by atoms with Crippen LogP contribution < -0.4 is 0 Å². The second-order valence-electron chi connectivity index (χ2n) is 19.9. The largest absolute Gasteiger partial charge is 0.462 e. The van der Waals surface area contributed by atoms with E-state index >= 15 is 0 Å². The van der Waals surface area contributed by atoms with Gasteiger partial charge in [0.05, 0.1) is 0 Å². The van der Waals surface area contributed by atoms with Crippen LogP contribution in [-0.2, 0) is 28.6 Å². The van der Waals surface area contributed by atoms with Crippen LogP contribution in [-0.4, -0.2) is 37.2 Å². The Morgan fingerprint density at radius 2 is 0.536 bits per heavy atom. The number of hydrogen-bond acceptors (Lipinski definition) is 6. The molecule has 0 bridgehead atoms. The molecule has 0 aliphatic rings. The molecule has 1 atom stereocenters. The van der Waals surface area contributed by atoms with Crippen LogP contribution in [0.5, 0.6) is 0 Å². The topological polar surface area (TPSA) is 78.9 Å². The Hall–Kier alpha value is -2.89. The van der Waals surface area contributed by atoms with E-state index in [2.05, 4.69) is 81.5 Å². The molecule has 0 unspecified atom stereocenters. The maximum Gasteiger partial charge on any atom is 0.306 e. The number of esters is 3. The summed E-state index contributed by atoms with van der Waals surface area (Å²) in [5.74, 6) is -0.938. The Bertz CT molecular complexity index is 1250. The van der Waals surface area contributed by atoms with Crippen molar-refractivity contribution in [3.63, 3.8) is 0 Å². The summed E-state index contributed by atoms with van der Waals surface area (Å²) >= 11 is 0. The van der Waals surface area contributed by atoms with Crippen molar-refractivity contribution in [3.05, 3.63) is 60.8 Å². The molecule has 69 heavy (non-hydrogen) atoms. The lowest BCUT2D eigenvalue weighted by atomic mass is 10.0. The zero-order chi connectivity index (χ0) is 50.0. The maximum atomic E-state index is 12.9.